The predicted octanol–water partition coefficient (Wildman–Crippen LogP) is 1.97. The molecule has 0 aliphatic carbocycles. The van der Waals surface area contributed by atoms with Crippen molar-refractivity contribution in [2.45, 2.75) is 6.54 Å². The molecule has 144 valence electrons. The molecular formula is C22H23N3O3. The van der Waals surface area contributed by atoms with E-state index in [0.29, 0.717) is 38.3 Å². The maximum absolute atomic E-state index is 13.2. The van der Waals surface area contributed by atoms with Crippen LogP contribution in [0.25, 0.3) is 10.9 Å². The molecule has 1 N–H and O–H groups in total. The predicted molar refractivity (Wildman–Crippen MR) is 107 cm³/mol. The molecule has 2 heterocycles. The zero-order chi connectivity index (χ0) is 19.5. The molecule has 1 aromatic heterocycles. The van der Waals surface area contributed by atoms with Gasteiger partial charge >= 0.3 is 0 Å². The van der Waals surface area contributed by atoms with E-state index in [1.165, 1.54) is 5.56 Å². The second kappa shape index (κ2) is 7.86. The van der Waals surface area contributed by atoms with Gasteiger partial charge in [-0.05, 0) is 11.6 Å². The number of hydrogen-bond donors (Lipinski definition) is 1. The lowest BCUT2D eigenvalue weighted by molar-refractivity contribution is -0.135. The molecule has 1 aliphatic heterocycles. The first-order chi connectivity index (χ1) is 13.7. The SMILES string of the molecule is O=C(CO)N1CCN(C(=O)c2cn(Cc3ccccc3)c3ccccc23)CC1. The summed E-state index contributed by atoms with van der Waals surface area (Å²) < 4.78 is 2.11. The molecule has 4 rings (SSSR count). The second-order valence-corrected chi connectivity index (χ2v) is 7.00. The molecule has 1 saturated heterocycles. The van der Waals surface area contributed by atoms with E-state index >= 15 is 0 Å². The minimum atomic E-state index is -0.485. The molecule has 1 fully saturated rings. The number of hydrogen-bond acceptors (Lipinski definition) is 3. The van der Waals surface area contributed by atoms with Gasteiger partial charge in [0.25, 0.3) is 5.91 Å². The summed E-state index contributed by atoms with van der Waals surface area (Å²) in [7, 11) is 0. The van der Waals surface area contributed by atoms with Crippen LogP contribution in [-0.4, -0.2) is 64.1 Å². The molecule has 6 nitrogen and oxygen atoms in total. The van der Waals surface area contributed by atoms with Gasteiger partial charge in [0.15, 0.2) is 0 Å². The largest absolute Gasteiger partial charge is 0.387 e. The fourth-order valence-electron chi connectivity index (χ4n) is 3.76. The van der Waals surface area contributed by atoms with Crippen molar-refractivity contribution in [2.24, 2.45) is 0 Å². The number of nitrogens with zero attached hydrogens (tertiary/aromatic N) is 3. The van der Waals surface area contributed by atoms with E-state index in [9.17, 15) is 9.59 Å². The molecule has 0 radical (unpaired) electrons. The van der Waals surface area contributed by atoms with Crippen LogP contribution in [0.15, 0.2) is 60.8 Å². The number of carbonyl (C=O) groups is 2. The van der Waals surface area contributed by atoms with Gasteiger partial charge in [0.1, 0.15) is 6.61 Å². The van der Waals surface area contributed by atoms with Crippen LogP contribution < -0.4 is 0 Å². The smallest absolute Gasteiger partial charge is 0.256 e. The molecule has 1 aliphatic rings. The third kappa shape index (κ3) is 3.51. The van der Waals surface area contributed by atoms with Crippen molar-refractivity contribution in [1.82, 2.24) is 14.4 Å². The van der Waals surface area contributed by atoms with E-state index in [1.54, 1.807) is 9.80 Å². The summed E-state index contributed by atoms with van der Waals surface area (Å²) in [6.07, 6.45) is 1.94. The average Bonchev–Trinajstić information content (AvgIpc) is 3.12. The van der Waals surface area contributed by atoms with Gasteiger partial charge in [-0.3, -0.25) is 9.59 Å². The van der Waals surface area contributed by atoms with Gasteiger partial charge in [-0.15, -0.1) is 0 Å². The molecule has 3 aromatic rings. The molecule has 0 unspecified atom stereocenters. The number of fused-ring (bicyclic) bond motifs is 1. The highest BCUT2D eigenvalue weighted by atomic mass is 16.3. The summed E-state index contributed by atoms with van der Waals surface area (Å²) in [6, 6.07) is 18.1. The Kier molecular flexibility index (Phi) is 5.12. The fourth-order valence-corrected chi connectivity index (χ4v) is 3.76. The van der Waals surface area contributed by atoms with Crippen LogP contribution in [0, 0.1) is 0 Å². The van der Waals surface area contributed by atoms with Gasteiger partial charge in [-0.1, -0.05) is 48.5 Å². The van der Waals surface area contributed by atoms with E-state index in [2.05, 4.69) is 16.7 Å². The number of aliphatic hydroxyl groups excluding tert-OH is 1. The summed E-state index contributed by atoms with van der Waals surface area (Å²) in [5.41, 5.74) is 2.90. The quantitative estimate of drug-likeness (QED) is 0.756. The molecular weight excluding hydrogens is 354 g/mol. The van der Waals surface area contributed by atoms with E-state index in [4.69, 9.17) is 5.11 Å². The second-order valence-electron chi connectivity index (χ2n) is 7.00. The van der Waals surface area contributed by atoms with Crippen LogP contribution >= 0.6 is 0 Å². The molecule has 6 heteroatoms. The van der Waals surface area contributed by atoms with Gasteiger partial charge in [0.2, 0.25) is 5.91 Å². The summed E-state index contributed by atoms with van der Waals surface area (Å²) in [5, 5.41) is 9.95. The third-order valence-corrected chi connectivity index (χ3v) is 5.27. The van der Waals surface area contributed by atoms with Crippen molar-refractivity contribution < 1.29 is 14.7 Å². The number of amides is 2. The normalized spacial score (nSPS) is 14.5. The summed E-state index contributed by atoms with van der Waals surface area (Å²) in [5.74, 6) is -0.300. The highest BCUT2D eigenvalue weighted by Gasteiger charge is 2.26. The zero-order valence-corrected chi connectivity index (χ0v) is 15.6. The number of para-hydroxylation sites is 1. The summed E-state index contributed by atoms with van der Waals surface area (Å²) in [4.78, 5) is 28.2. The van der Waals surface area contributed by atoms with Crippen LogP contribution in [-0.2, 0) is 11.3 Å². The fraction of sp³-hybridized carbons (Fsp3) is 0.273. The van der Waals surface area contributed by atoms with Crippen molar-refractivity contribution in [2.75, 3.05) is 32.8 Å². The monoisotopic (exact) mass is 377 g/mol. The van der Waals surface area contributed by atoms with Gasteiger partial charge < -0.3 is 19.5 Å². The standard InChI is InChI=1S/C22H23N3O3/c26-16-21(27)23-10-12-24(13-11-23)22(28)19-15-25(14-17-6-2-1-3-7-17)20-9-5-4-8-18(19)20/h1-9,15,26H,10-14,16H2. The number of aromatic nitrogens is 1. The Bertz CT molecular complexity index is 989. The molecule has 0 bridgehead atoms. The average molecular weight is 377 g/mol. The maximum Gasteiger partial charge on any atom is 0.256 e. The van der Waals surface area contributed by atoms with E-state index in [1.807, 2.05) is 48.7 Å². The number of carbonyl (C=O) groups excluding carboxylic acids is 2. The van der Waals surface area contributed by atoms with Crippen molar-refractivity contribution in [3.8, 4) is 0 Å². The van der Waals surface area contributed by atoms with Crippen molar-refractivity contribution in [1.29, 1.82) is 0 Å². The Hall–Kier alpha value is -3.12. The highest BCUT2D eigenvalue weighted by Crippen LogP contribution is 2.24. The first kappa shape index (κ1) is 18.3. The van der Waals surface area contributed by atoms with Crippen LogP contribution in [0.4, 0.5) is 0 Å². The highest BCUT2D eigenvalue weighted by molar-refractivity contribution is 6.07. The van der Waals surface area contributed by atoms with Gasteiger partial charge in [-0.2, -0.15) is 0 Å². The molecule has 28 heavy (non-hydrogen) atoms. The van der Waals surface area contributed by atoms with Crippen LogP contribution in [0.1, 0.15) is 15.9 Å². The Morgan fingerprint density at radius 1 is 0.857 bits per heavy atom. The van der Waals surface area contributed by atoms with E-state index < -0.39 is 6.61 Å². The molecule has 0 spiro atoms. The number of piperazine rings is 1. The Morgan fingerprint density at radius 3 is 2.21 bits per heavy atom. The van der Waals surface area contributed by atoms with Crippen LogP contribution in [0.3, 0.4) is 0 Å². The Morgan fingerprint density at radius 2 is 1.50 bits per heavy atom. The molecule has 2 amide bonds. The number of benzene rings is 2. The maximum atomic E-state index is 13.2. The van der Waals surface area contributed by atoms with Gasteiger partial charge in [0.05, 0.1) is 5.56 Å². The molecule has 0 atom stereocenters. The van der Waals surface area contributed by atoms with Crippen molar-refractivity contribution in [3.63, 3.8) is 0 Å². The van der Waals surface area contributed by atoms with E-state index in [-0.39, 0.29) is 11.8 Å². The number of rotatable bonds is 4. The van der Waals surface area contributed by atoms with Crippen molar-refractivity contribution >= 4 is 22.7 Å². The Labute approximate surface area is 163 Å². The van der Waals surface area contributed by atoms with Gasteiger partial charge in [0, 0.05) is 49.8 Å². The minimum Gasteiger partial charge on any atom is -0.387 e. The molecule has 0 saturated carbocycles. The zero-order valence-electron chi connectivity index (χ0n) is 15.6. The van der Waals surface area contributed by atoms with Crippen molar-refractivity contribution in [3.05, 3.63) is 71.9 Å². The summed E-state index contributed by atoms with van der Waals surface area (Å²) in [6.45, 7) is 2.07. The number of aliphatic hydroxyl groups is 1. The van der Waals surface area contributed by atoms with Crippen LogP contribution in [0.2, 0.25) is 0 Å². The third-order valence-electron chi connectivity index (χ3n) is 5.27. The lowest BCUT2D eigenvalue weighted by Gasteiger charge is -2.34. The van der Waals surface area contributed by atoms with E-state index in [0.717, 1.165) is 10.9 Å². The lowest BCUT2D eigenvalue weighted by Crippen LogP contribution is -2.51. The first-order valence-corrected chi connectivity index (χ1v) is 9.47. The van der Waals surface area contributed by atoms with Gasteiger partial charge in [-0.25, -0.2) is 0 Å². The Balaban J connectivity index is 1.59. The topological polar surface area (TPSA) is 65.8 Å². The van der Waals surface area contributed by atoms with Crippen LogP contribution in [0.5, 0.6) is 0 Å². The first-order valence-electron chi connectivity index (χ1n) is 9.47. The summed E-state index contributed by atoms with van der Waals surface area (Å²) >= 11 is 0. The minimum absolute atomic E-state index is 0.0147. The lowest BCUT2D eigenvalue weighted by atomic mass is 10.1. The molecule has 2 aromatic carbocycles.